The predicted octanol–water partition coefficient (Wildman–Crippen LogP) is 3.97. The second-order valence-electron chi connectivity index (χ2n) is 7.12. The fraction of sp³-hybridized carbons (Fsp3) is 0.647. The molecule has 0 spiro atoms. The fourth-order valence-corrected chi connectivity index (χ4v) is 5.32. The van der Waals surface area contributed by atoms with Crippen LogP contribution in [-0.4, -0.2) is 49.8 Å². The molecule has 0 saturated carbocycles. The van der Waals surface area contributed by atoms with Gasteiger partial charge in [-0.25, -0.2) is 8.42 Å². The van der Waals surface area contributed by atoms with Crippen LogP contribution < -0.4 is 0 Å². The number of rotatable bonds is 3. The average molecular weight is 430 g/mol. The van der Waals surface area contributed by atoms with Crippen molar-refractivity contribution in [1.29, 1.82) is 0 Å². The molecule has 2 saturated heterocycles. The standard InChI is InChI=1S/C17H20F6N2O2S/c18-16(19,20)12-9-13(17(21,22)23)11-15(10-12)28(26,27)25-7-3-14(4-8-25)24-5-1-2-6-24/h9-11,14H,1-8H2. The van der Waals surface area contributed by atoms with Gasteiger partial charge in [-0.3, -0.25) is 0 Å². The van der Waals surface area contributed by atoms with Gasteiger partial charge in [-0.1, -0.05) is 0 Å². The van der Waals surface area contributed by atoms with Gasteiger partial charge in [-0.05, 0) is 57.0 Å². The number of alkyl halides is 6. The monoisotopic (exact) mass is 430 g/mol. The largest absolute Gasteiger partial charge is 0.416 e. The van der Waals surface area contributed by atoms with E-state index in [1.54, 1.807) is 0 Å². The van der Waals surface area contributed by atoms with E-state index in [1.165, 1.54) is 0 Å². The summed E-state index contributed by atoms with van der Waals surface area (Å²) in [6.45, 7) is 2.00. The van der Waals surface area contributed by atoms with Gasteiger partial charge in [0.1, 0.15) is 0 Å². The Kier molecular flexibility index (Phi) is 5.72. The van der Waals surface area contributed by atoms with Crippen LogP contribution in [0, 0.1) is 0 Å². The lowest BCUT2D eigenvalue weighted by Crippen LogP contribution is -2.45. The van der Waals surface area contributed by atoms with E-state index in [9.17, 15) is 34.8 Å². The van der Waals surface area contributed by atoms with Crippen molar-refractivity contribution in [3.63, 3.8) is 0 Å². The predicted molar refractivity (Wildman–Crippen MR) is 89.0 cm³/mol. The Morgan fingerprint density at radius 3 is 1.68 bits per heavy atom. The van der Waals surface area contributed by atoms with E-state index < -0.39 is 38.4 Å². The van der Waals surface area contributed by atoms with Gasteiger partial charge in [-0.15, -0.1) is 0 Å². The number of hydrogen-bond acceptors (Lipinski definition) is 3. The summed E-state index contributed by atoms with van der Waals surface area (Å²) in [7, 11) is -4.46. The molecule has 28 heavy (non-hydrogen) atoms. The highest BCUT2D eigenvalue weighted by Gasteiger charge is 2.40. The Morgan fingerprint density at radius 1 is 0.786 bits per heavy atom. The maximum absolute atomic E-state index is 13.0. The van der Waals surface area contributed by atoms with Crippen molar-refractivity contribution >= 4 is 10.0 Å². The first-order valence-electron chi connectivity index (χ1n) is 8.93. The van der Waals surface area contributed by atoms with Gasteiger partial charge in [0.05, 0.1) is 16.0 Å². The molecular weight excluding hydrogens is 410 g/mol. The first kappa shape index (κ1) is 21.4. The first-order chi connectivity index (χ1) is 12.9. The summed E-state index contributed by atoms with van der Waals surface area (Å²) < 4.78 is 105. The molecule has 0 radical (unpaired) electrons. The normalized spacial score (nSPS) is 21.4. The molecule has 4 nitrogen and oxygen atoms in total. The molecule has 1 aromatic carbocycles. The van der Waals surface area contributed by atoms with Crippen molar-refractivity contribution in [3.05, 3.63) is 29.3 Å². The minimum Gasteiger partial charge on any atom is -0.300 e. The van der Waals surface area contributed by atoms with E-state index in [0.717, 1.165) is 30.2 Å². The molecule has 158 valence electrons. The van der Waals surface area contributed by atoms with Crippen LogP contribution in [0.2, 0.25) is 0 Å². The van der Waals surface area contributed by atoms with Gasteiger partial charge in [0.2, 0.25) is 10.0 Å². The van der Waals surface area contributed by atoms with Gasteiger partial charge in [-0.2, -0.15) is 30.6 Å². The molecule has 11 heteroatoms. The topological polar surface area (TPSA) is 40.6 Å². The molecule has 0 bridgehead atoms. The van der Waals surface area contributed by atoms with Crippen molar-refractivity contribution in [1.82, 2.24) is 9.21 Å². The van der Waals surface area contributed by atoms with Gasteiger partial charge in [0, 0.05) is 19.1 Å². The van der Waals surface area contributed by atoms with Gasteiger partial charge >= 0.3 is 12.4 Å². The van der Waals surface area contributed by atoms with Crippen LogP contribution in [0.15, 0.2) is 23.1 Å². The Hall–Kier alpha value is -1.33. The number of piperidine rings is 1. The average Bonchev–Trinajstić information content (AvgIpc) is 3.14. The quantitative estimate of drug-likeness (QED) is 0.682. The van der Waals surface area contributed by atoms with Crippen molar-refractivity contribution in [2.24, 2.45) is 0 Å². The molecule has 0 N–H and O–H groups in total. The molecule has 2 aliphatic rings. The summed E-state index contributed by atoms with van der Waals surface area (Å²) in [5.74, 6) is 0. The lowest BCUT2D eigenvalue weighted by atomic mass is 10.1. The number of sulfonamides is 1. The molecule has 0 aliphatic carbocycles. The Labute approximate surface area is 159 Å². The van der Waals surface area contributed by atoms with Gasteiger partial charge in [0.15, 0.2) is 0 Å². The lowest BCUT2D eigenvalue weighted by Gasteiger charge is -2.36. The van der Waals surface area contributed by atoms with E-state index in [2.05, 4.69) is 4.90 Å². The number of hydrogen-bond donors (Lipinski definition) is 0. The van der Waals surface area contributed by atoms with E-state index in [1.807, 2.05) is 0 Å². The van der Waals surface area contributed by atoms with Crippen LogP contribution in [0.4, 0.5) is 26.3 Å². The highest BCUT2D eigenvalue weighted by Crippen LogP contribution is 2.38. The Balaban J connectivity index is 1.87. The van der Waals surface area contributed by atoms with Crippen LogP contribution in [0.1, 0.15) is 36.8 Å². The SMILES string of the molecule is O=S(=O)(c1cc(C(F)(F)F)cc(C(F)(F)F)c1)N1CCC(N2CCCC2)CC1. The van der Waals surface area contributed by atoms with Gasteiger partial charge < -0.3 is 4.90 Å². The van der Waals surface area contributed by atoms with Crippen LogP contribution in [0.5, 0.6) is 0 Å². The molecule has 1 aromatic rings. The third kappa shape index (κ3) is 4.46. The van der Waals surface area contributed by atoms with Gasteiger partial charge in [0.25, 0.3) is 0 Å². The molecule has 0 aromatic heterocycles. The molecule has 3 rings (SSSR count). The van der Waals surface area contributed by atoms with E-state index in [-0.39, 0.29) is 37.3 Å². The third-order valence-electron chi connectivity index (χ3n) is 5.28. The van der Waals surface area contributed by atoms with E-state index in [4.69, 9.17) is 0 Å². The van der Waals surface area contributed by atoms with Crippen molar-refractivity contribution in [3.8, 4) is 0 Å². The van der Waals surface area contributed by atoms with E-state index >= 15 is 0 Å². The molecule has 0 atom stereocenters. The maximum Gasteiger partial charge on any atom is 0.416 e. The molecular formula is C17H20F6N2O2S. The van der Waals surface area contributed by atoms with Crippen LogP contribution in [0.3, 0.4) is 0 Å². The van der Waals surface area contributed by atoms with Crippen LogP contribution in [0.25, 0.3) is 0 Å². The molecule has 2 fully saturated rings. The summed E-state index contributed by atoms with van der Waals surface area (Å²) >= 11 is 0. The van der Waals surface area contributed by atoms with Crippen LogP contribution in [-0.2, 0) is 22.4 Å². The minimum atomic E-state index is -5.09. The van der Waals surface area contributed by atoms with Crippen molar-refractivity contribution < 1.29 is 34.8 Å². The Bertz CT molecular complexity index is 776. The van der Waals surface area contributed by atoms with Crippen LogP contribution >= 0.6 is 0 Å². The molecule has 0 amide bonds. The highest BCUT2D eigenvalue weighted by molar-refractivity contribution is 7.89. The molecule has 2 heterocycles. The summed E-state index contributed by atoms with van der Waals surface area (Å²) in [6, 6.07) is 0.675. The van der Waals surface area contributed by atoms with Crippen molar-refractivity contribution in [2.75, 3.05) is 26.2 Å². The maximum atomic E-state index is 13.0. The second kappa shape index (κ2) is 7.49. The summed E-state index contributed by atoms with van der Waals surface area (Å²) in [5, 5.41) is 0. The zero-order valence-electron chi connectivity index (χ0n) is 14.9. The highest BCUT2D eigenvalue weighted by atomic mass is 32.2. The smallest absolute Gasteiger partial charge is 0.300 e. The number of nitrogens with zero attached hydrogens (tertiary/aromatic N) is 2. The van der Waals surface area contributed by atoms with E-state index in [0.29, 0.717) is 12.8 Å². The summed E-state index contributed by atoms with van der Waals surface area (Å²) in [4.78, 5) is 1.28. The number of halogens is 6. The van der Waals surface area contributed by atoms with Crippen molar-refractivity contribution in [2.45, 2.75) is 49.0 Å². The zero-order valence-corrected chi connectivity index (χ0v) is 15.7. The summed E-state index contributed by atoms with van der Waals surface area (Å²) in [6.07, 6.45) is -7.02. The summed E-state index contributed by atoms with van der Waals surface area (Å²) in [5.41, 5.74) is -3.26. The Morgan fingerprint density at radius 2 is 1.25 bits per heavy atom. The molecule has 0 unspecified atom stereocenters. The minimum absolute atomic E-state index is 0.0705. The first-order valence-corrected chi connectivity index (χ1v) is 10.4. The number of benzene rings is 1. The number of likely N-dealkylation sites (tertiary alicyclic amines) is 1. The zero-order chi connectivity index (χ0) is 20.7. The fourth-order valence-electron chi connectivity index (χ4n) is 3.78. The second-order valence-corrected chi connectivity index (χ2v) is 9.06. The molecule has 2 aliphatic heterocycles. The third-order valence-corrected chi connectivity index (χ3v) is 7.16. The lowest BCUT2D eigenvalue weighted by molar-refractivity contribution is -0.143.